The Hall–Kier alpha value is 0.0700. The van der Waals surface area contributed by atoms with Gasteiger partial charge >= 0.3 is 0 Å². The standard InChI is InChI=1S/C13H28N2OS/c1-11(2)9-13-10-15(8-6-14-13)7-5-12(3)17(4)16/h11-14H,5-10H2,1-4H3. The summed E-state index contributed by atoms with van der Waals surface area (Å²) in [4.78, 5) is 2.52. The smallest absolute Gasteiger partial charge is 0.0329 e. The van der Waals surface area contributed by atoms with Crippen LogP contribution in [0.4, 0.5) is 0 Å². The molecule has 0 amide bonds. The first-order valence-electron chi connectivity index (χ1n) is 6.77. The Bertz CT molecular complexity index is 246. The van der Waals surface area contributed by atoms with E-state index < -0.39 is 10.8 Å². The topological polar surface area (TPSA) is 32.3 Å². The second-order valence-corrected chi connectivity index (χ2v) is 7.48. The summed E-state index contributed by atoms with van der Waals surface area (Å²) in [5, 5.41) is 3.92. The number of nitrogens with one attached hydrogen (secondary N) is 1. The molecule has 1 rings (SSSR count). The van der Waals surface area contributed by atoms with E-state index in [1.54, 1.807) is 0 Å². The number of hydrogen-bond acceptors (Lipinski definition) is 3. The molecule has 17 heavy (non-hydrogen) atoms. The second kappa shape index (κ2) is 7.49. The molecular weight excluding hydrogens is 232 g/mol. The van der Waals surface area contributed by atoms with Crippen LogP contribution < -0.4 is 5.32 Å². The lowest BCUT2D eigenvalue weighted by Crippen LogP contribution is -2.51. The van der Waals surface area contributed by atoms with Gasteiger partial charge in [-0.05, 0) is 25.3 Å². The Morgan fingerprint density at radius 3 is 2.71 bits per heavy atom. The number of hydrogen-bond donors (Lipinski definition) is 1. The van der Waals surface area contributed by atoms with Crippen molar-refractivity contribution in [1.29, 1.82) is 0 Å². The third kappa shape index (κ3) is 5.98. The SMILES string of the molecule is CC(C)CC1CN(CCC(C)S(C)=O)CCN1. The van der Waals surface area contributed by atoms with Crippen molar-refractivity contribution < 1.29 is 4.21 Å². The van der Waals surface area contributed by atoms with E-state index in [-0.39, 0.29) is 0 Å². The van der Waals surface area contributed by atoms with E-state index in [2.05, 4.69) is 31.0 Å². The molecule has 0 aromatic carbocycles. The summed E-state index contributed by atoms with van der Waals surface area (Å²) in [6.07, 6.45) is 4.12. The fourth-order valence-electron chi connectivity index (χ4n) is 2.35. The van der Waals surface area contributed by atoms with E-state index in [4.69, 9.17) is 0 Å². The van der Waals surface area contributed by atoms with Crippen LogP contribution in [0.25, 0.3) is 0 Å². The second-order valence-electron chi connectivity index (χ2n) is 5.68. The molecule has 0 radical (unpaired) electrons. The molecule has 4 heteroatoms. The van der Waals surface area contributed by atoms with Crippen LogP contribution in [0.15, 0.2) is 0 Å². The minimum absolute atomic E-state index is 0.327. The summed E-state index contributed by atoms with van der Waals surface area (Å²) < 4.78 is 11.3. The zero-order valence-electron chi connectivity index (χ0n) is 11.7. The molecule has 0 bridgehead atoms. The molecule has 3 atom stereocenters. The minimum atomic E-state index is -0.675. The van der Waals surface area contributed by atoms with E-state index in [0.717, 1.165) is 38.5 Å². The van der Waals surface area contributed by atoms with Crippen LogP contribution in [0.2, 0.25) is 0 Å². The highest BCUT2D eigenvalue weighted by Gasteiger charge is 2.20. The van der Waals surface area contributed by atoms with E-state index in [1.165, 1.54) is 6.42 Å². The summed E-state index contributed by atoms with van der Waals surface area (Å²) in [5.41, 5.74) is 0. The van der Waals surface area contributed by atoms with Crippen LogP contribution in [-0.2, 0) is 10.8 Å². The highest BCUT2D eigenvalue weighted by molar-refractivity contribution is 7.84. The first-order chi connectivity index (χ1) is 7.99. The van der Waals surface area contributed by atoms with Crippen molar-refractivity contribution in [3.8, 4) is 0 Å². The molecule has 1 N–H and O–H groups in total. The van der Waals surface area contributed by atoms with Crippen LogP contribution >= 0.6 is 0 Å². The molecule has 3 unspecified atom stereocenters. The maximum atomic E-state index is 11.3. The maximum Gasteiger partial charge on any atom is 0.0329 e. The van der Waals surface area contributed by atoms with Gasteiger partial charge in [0.15, 0.2) is 0 Å². The van der Waals surface area contributed by atoms with Gasteiger partial charge in [-0.25, -0.2) is 0 Å². The molecule has 1 aliphatic rings. The zero-order chi connectivity index (χ0) is 12.8. The van der Waals surface area contributed by atoms with Gasteiger partial charge in [0.1, 0.15) is 0 Å². The predicted molar refractivity (Wildman–Crippen MR) is 75.8 cm³/mol. The van der Waals surface area contributed by atoms with E-state index >= 15 is 0 Å². The average Bonchev–Trinajstić information content (AvgIpc) is 2.25. The van der Waals surface area contributed by atoms with Crippen molar-refractivity contribution in [2.45, 2.75) is 44.9 Å². The summed E-state index contributed by atoms with van der Waals surface area (Å²) >= 11 is 0. The lowest BCUT2D eigenvalue weighted by Gasteiger charge is -2.34. The molecule has 1 heterocycles. The van der Waals surface area contributed by atoms with Crippen LogP contribution in [0, 0.1) is 5.92 Å². The predicted octanol–water partition coefficient (Wildman–Crippen LogP) is 1.46. The van der Waals surface area contributed by atoms with Crippen molar-refractivity contribution in [2.75, 3.05) is 32.4 Å². The monoisotopic (exact) mass is 260 g/mol. The van der Waals surface area contributed by atoms with Gasteiger partial charge in [0.2, 0.25) is 0 Å². The molecule has 0 aliphatic carbocycles. The zero-order valence-corrected chi connectivity index (χ0v) is 12.6. The van der Waals surface area contributed by atoms with Gasteiger partial charge in [0, 0.05) is 48.0 Å². The first-order valence-corrected chi connectivity index (χ1v) is 8.39. The van der Waals surface area contributed by atoms with Gasteiger partial charge in [-0.3, -0.25) is 4.21 Å². The molecule has 1 saturated heterocycles. The maximum absolute atomic E-state index is 11.3. The van der Waals surface area contributed by atoms with Crippen LogP contribution in [0.5, 0.6) is 0 Å². The Morgan fingerprint density at radius 1 is 1.41 bits per heavy atom. The Balaban J connectivity index is 2.27. The van der Waals surface area contributed by atoms with E-state index in [9.17, 15) is 4.21 Å². The molecule has 0 spiro atoms. The minimum Gasteiger partial charge on any atom is -0.311 e. The highest BCUT2D eigenvalue weighted by Crippen LogP contribution is 2.10. The van der Waals surface area contributed by atoms with Crippen molar-refractivity contribution in [3.63, 3.8) is 0 Å². The van der Waals surface area contributed by atoms with Crippen LogP contribution in [0.3, 0.4) is 0 Å². The fraction of sp³-hybridized carbons (Fsp3) is 1.00. The quantitative estimate of drug-likeness (QED) is 0.785. The Labute approximate surface area is 109 Å². The molecular formula is C13H28N2OS. The fourth-order valence-corrected chi connectivity index (χ4v) is 2.79. The molecule has 0 saturated carbocycles. The first kappa shape index (κ1) is 15.1. The third-order valence-corrected chi connectivity index (χ3v) is 4.88. The van der Waals surface area contributed by atoms with Crippen LogP contribution in [0.1, 0.15) is 33.6 Å². The van der Waals surface area contributed by atoms with E-state index in [1.807, 2.05) is 6.26 Å². The normalized spacial score (nSPS) is 26.1. The van der Waals surface area contributed by atoms with Crippen molar-refractivity contribution >= 4 is 10.8 Å². The number of rotatable bonds is 6. The number of piperazine rings is 1. The molecule has 102 valence electrons. The Morgan fingerprint density at radius 2 is 2.12 bits per heavy atom. The molecule has 1 fully saturated rings. The third-order valence-electron chi connectivity index (χ3n) is 3.51. The van der Waals surface area contributed by atoms with Gasteiger partial charge in [-0.15, -0.1) is 0 Å². The van der Waals surface area contributed by atoms with Gasteiger partial charge in [-0.2, -0.15) is 0 Å². The van der Waals surface area contributed by atoms with Gasteiger partial charge < -0.3 is 10.2 Å². The molecule has 1 aliphatic heterocycles. The summed E-state index contributed by atoms with van der Waals surface area (Å²) in [6, 6.07) is 0.645. The largest absolute Gasteiger partial charge is 0.311 e. The van der Waals surface area contributed by atoms with Crippen molar-refractivity contribution in [3.05, 3.63) is 0 Å². The number of nitrogens with zero attached hydrogens (tertiary/aromatic N) is 1. The molecule has 3 nitrogen and oxygen atoms in total. The lowest BCUT2D eigenvalue weighted by atomic mass is 10.0. The van der Waals surface area contributed by atoms with E-state index in [0.29, 0.717) is 11.3 Å². The Kier molecular flexibility index (Phi) is 6.67. The summed E-state index contributed by atoms with van der Waals surface area (Å²) in [6.45, 7) is 11.1. The highest BCUT2D eigenvalue weighted by atomic mass is 32.2. The van der Waals surface area contributed by atoms with Gasteiger partial charge in [-0.1, -0.05) is 20.8 Å². The van der Waals surface area contributed by atoms with Crippen molar-refractivity contribution in [1.82, 2.24) is 10.2 Å². The summed E-state index contributed by atoms with van der Waals surface area (Å²) in [7, 11) is -0.675. The average molecular weight is 260 g/mol. The van der Waals surface area contributed by atoms with Gasteiger partial charge in [0.25, 0.3) is 0 Å². The van der Waals surface area contributed by atoms with Crippen molar-refractivity contribution in [2.24, 2.45) is 5.92 Å². The summed E-state index contributed by atoms with van der Waals surface area (Å²) in [5.74, 6) is 0.759. The van der Waals surface area contributed by atoms with Gasteiger partial charge in [0.05, 0.1) is 0 Å². The molecule has 0 aromatic rings. The lowest BCUT2D eigenvalue weighted by molar-refractivity contribution is 0.185. The van der Waals surface area contributed by atoms with Crippen LogP contribution in [-0.4, -0.2) is 52.8 Å². The molecule has 0 aromatic heterocycles.